The number of carboxylic acid groups (broad SMARTS) is 1. The molecular formula is C13H17F2NO2. The van der Waals surface area contributed by atoms with Crippen molar-refractivity contribution in [2.75, 3.05) is 7.05 Å². The second kappa shape index (κ2) is 5.44. The Kier molecular flexibility index (Phi) is 4.40. The van der Waals surface area contributed by atoms with Crippen molar-refractivity contribution in [3.8, 4) is 0 Å². The van der Waals surface area contributed by atoms with Gasteiger partial charge >= 0.3 is 5.97 Å². The van der Waals surface area contributed by atoms with Crippen molar-refractivity contribution in [3.63, 3.8) is 0 Å². The fourth-order valence-electron chi connectivity index (χ4n) is 2.19. The summed E-state index contributed by atoms with van der Waals surface area (Å²) in [6.45, 7) is 3.40. The minimum absolute atomic E-state index is 0.142. The molecule has 0 aliphatic carbocycles. The van der Waals surface area contributed by atoms with Gasteiger partial charge in [-0.3, -0.25) is 4.79 Å². The largest absolute Gasteiger partial charge is 0.481 e. The Hall–Kier alpha value is -1.49. The number of rotatable bonds is 5. The van der Waals surface area contributed by atoms with Gasteiger partial charge in [-0.25, -0.2) is 8.78 Å². The van der Waals surface area contributed by atoms with Crippen LogP contribution in [0.15, 0.2) is 18.2 Å². The standard InChI is InChI=1S/C13H17F2NO2/c1-13(2,7-11(17)18)12(16-3)9-6-8(14)4-5-10(9)15/h4-6,12,16H,7H2,1-3H3,(H,17,18). The molecule has 0 radical (unpaired) electrons. The van der Waals surface area contributed by atoms with Gasteiger partial charge in [0.05, 0.1) is 6.42 Å². The van der Waals surface area contributed by atoms with E-state index in [9.17, 15) is 13.6 Å². The monoisotopic (exact) mass is 257 g/mol. The van der Waals surface area contributed by atoms with E-state index in [0.717, 1.165) is 18.2 Å². The van der Waals surface area contributed by atoms with Crippen LogP contribution in [0.2, 0.25) is 0 Å². The number of hydrogen-bond donors (Lipinski definition) is 2. The van der Waals surface area contributed by atoms with Crippen LogP contribution in [0, 0.1) is 17.0 Å². The third-order valence-corrected chi connectivity index (χ3v) is 2.95. The summed E-state index contributed by atoms with van der Waals surface area (Å²) in [5.41, 5.74) is -0.598. The van der Waals surface area contributed by atoms with Crippen LogP contribution in [0.3, 0.4) is 0 Å². The fraction of sp³-hybridized carbons (Fsp3) is 0.462. The van der Waals surface area contributed by atoms with Crippen molar-refractivity contribution in [1.82, 2.24) is 5.32 Å². The van der Waals surface area contributed by atoms with Gasteiger partial charge in [0.25, 0.3) is 0 Å². The summed E-state index contributed by atoms with van der Waals surface area (Å²) >= 11 is 0. The van der Waals surface area contributed by atoms with E-state index < -0.39 is 29.1 Å². The summed E-state index contributed by atoms with van der Waals surface area (Å²) in [5, 5.41) is 11.7. The Morgan fingerprint density at radius 1 is 1.44 bits per heavy atom. The molecule has 1 atom stereocenters. The molecule has 5 heteroatoms. The number of carbonyl (C=O) groups is 1. The van der Waals surface area contributed by atoms with Crippen molar-refractivity contribution < 1.29 is 18.7 Å². The molecule has 0 fully saturated rings. The topological polar surface area (TPSA) is 49.3 Å². The highest BCUT2D eigenvalue weighted by Crippen LogP contribution is 2.37. The molecule has 1 aromatic carbocycles. The summed E-state index contributed by atoms with van der Waals surface area (Å²) in [5.74, 6) is -2.07. The Morgan fingerprint density at radius 3 is 2.56 bits per heavy atom. The van der Waals surface area contributed by atoms with Crippen molar-refractivity contribution in [1.29, 1.82) is 0 Å². The zero-order valence-corrected chi connectivity index (χ0v) is 10.6. The summed E-state index contributed by atoms with van der Waals surface area (Å²) in [6, 6.07) is 2.60. The van der Waals surface area contributed by atoms with Gasteiger partial charge in [0.1, 0.15) is 11.6 Å². The molecule has 3 nitrogen and oxygen atoms in total. The molecule has 0 saturated carbocycles. The molecule has 0 aliphatic heterocycles. The van der Waals surface area contributed by atoms with Crippen LogP contribution in [0.1, 0.15) is 31.9 Å². The number of halogens is 2. The van der Waals surface area contributed by atoms with Gasteiger partial charge in [-0.05, 0) is 30.7 Å². The minimum atomic E-state index is -0.975. The predicted molar refractivity (Wildman–Crippen MR) is 64.2 cm³/mol. The van der Waals surface area contributed by atoms with Crippen LogP contribution in [-0.4, -0.2) is 18.1 Å². The zero-order chi connectivity index (χ0) is 13.9. The van der Waals surface area contributed by atoms with Gasteiger partial charge in [-0.1, -0.05) is 13.8 Å². The van der Waals surface area contributed by atoms with E-state index in [1.807, 2.05) is 0 Å². The van der Waals surface area contributed by atoms with Gasteiger partial charge < -0.3 is 10.4 Å². The van der Waals surface area contributed by atoms with E-state index in [1.54, 1.807) is 20.9 Å². The SMILES string of the molecule is CNC(c1cc(F)ccc1F)C(C)(C)CC(=O)O. The van der Waals surface area contributed by atoms with Crippen molar-refractivity contribution in [2.24, 2.45) is 5.41 Å². The molecule has 100 valence electrons. The molecule has 0 amide bonds. The first-order valence-electron chi connectivity index (χ1n) is 5.62. The summed E-state index contributed by atoms with van der Waals surface area (Å²) in [6.07, 6.45) is -0.144. The zero-order valence-electron chi connectivity index (χ0n) is 10.6. The maximum absolute atomic E-state index is 13.7. The van der Waals surface area contributed by atoms with Crippen LogP contribution >= 0.6 is 0 Å². The van der Waals surface area contributed by atoms with Gasteiger partial charge in [0.2, 0.25) is 0 Å². The lowest BCUT2D eigenvalue weighted by Crippen LogP contribution is -2.34. The maximum Gasteiger partial charge on any atom is 0.303 e. The highest BCUT2D eigenvalue weighted by molar-refractivity contribution is 5.67. The third kappa shape index (κ3) is 3.26. The molecule has 0 heterocycles. The van der Waals surface area contributed by atoms with E-state index in [4.69, 9.17) is 5.11 Å². The van der Waals surface area contributed by atoms with Crippen molar-refractivity contribution in [2.45, 2.75) is 26.3 Å². The third-order valence-electron chi connectivity index (χ3n) is 2.95. The minimum Gasteiger partial charge on any atom is -0.481 e. The van der Waals surface area contributed by atoms with Crippen LogP contribution < -0.4 is 5.32 Å². The normalized spacial score (nSPS) is 13.4. The van der Waals surface area contributed by atoms with Crippen LogP contribution in [0.5, 0.6) is 0 Å². The van der Waals surface area contributed by atoms with Gasteiger partial charge in [-0.15, -0.1) is 0 Å². The van der Waals surface area contributed by atoms with Crippen LogP contribution in [0.4, 0.5) is 8.78 Å². The Balaban J connectivity index is 3.16. The van der Waals surface area contributed by atoms with Gasteiger partial charge in [0, 0.05) is 11.6 Å². The second-order valence-corrected chi connectivity index (χ2v) is 4.95. The highest BCUT2D eigenvalue weighted by Gasteiger charge is 2.33. The van der Waals surface area contributed by atoms with Gasteiger partial charge in [-0.2, -0.15) is 0 Å². The highest BCUT2D eigenvalue weighted by atomic mass is 19.1. The molecule has 0 saturated heterocycles. The molecule has 0 bridgehead atoms. The molecule has 1 aromatic rings. The smallest absolute Gasteiger partial charge is 0.303 e. The number of aliphatic carboxylic acids is 1. The number of nitrogens with one attached hydrogen (secondary N) is 1. The van der Waals surface area contributed by atoms with E-state index in [0.29, 0.717) is 0 Å². The Bertz CT molecular complexity index is 447. The van der Waals surface area contributed by atoms with E-state index in [-0.39, 0.29) is 12.0 Å². The maximum atomic E-state index is 13.7. The van der Waals surface area contributed by atoms with Gasteiger partial charge in [0.15, 0.2) is 0 Å². The summed E-state index contributed by atoms with van der Waals surface area (Å²) in [4.78, 5) is 10.8. The van der Waals surface area contributed by atoms with Crippen LogP contribution in [-0.2, 0) is 4.79 Å². The van der Waals surface area contributed by atoms with E-state index in [1.165, 1.54) is 0 Å². The van der Waals surface area contributed by atoms with E-state index in [2.05, 4.69) is 5.32 Å². The first-order valence-corrected chi connectivity index (χ1v) is 5.62. The summed E-state index contributed by atoms with van der Waals surface area (Å²) < 4.78 is 26.9. The lowest BCUT2D eigenvalue weighted by Gasteiger charge is -2.33. The number of carboxylic acids is 1. The lowest BCUT2D eigenvalue weighted by atomic mass is 9.77. The molecule has 0 spiro atoms. The average molecular weight is 257 g/mol. The average Bonchev–Trinajstić information content (AvgIpc) is 2.21. The van der Waals surface area contributed by atoms with Crippen LogP contribution in [0.25, 0.3) is 0 Å². The number of benzene rings is 1. The molecule has 1 unspecified atom stereocenters. The fourth-order valence-corrected chi connectivity index (χ4v) is 2.19. The van der Waals surface area contributed by atoms with E-state index >= 15 is 0 Å². The quantitative estimate of drug-likeness (QED) is 0.852. The molecule has 0 aliphatic rings. The van der Waals surface area contributed by atoms with Crippen molar-refractivity contribution in [3.05, 3.63) is 35.4 Å². The molecular weight excluding hydrogens is 240 g/mol. The first-order chi connectivity index (χ1) is 8.27. The summed E-state index contributed by atoms with van der Waals surface area (Å²) in [7, 11) is 1.60. The molecule has 2 N–H and O–H groups in total. The molecule has 1 rings (SSSR count). The first kappa shape index (κ1) is 14.6. The van der Waals surface area contributed by atoms with Crippen molar-refractivity contribution >= 4 is 5.97 Å². The second-order valence-electron chi connectivity index (χ2n) is 4.95. The molecule has 18 heavy (non-hydrogen) atoms. The predicted octanol–water partition coefficient (Wildman–Crippen LogP) is 2.73. The lowest BCUT2D eigenvalue weighted by molar-refractivity contribution is -0.139. The molecule has 0 aromatic heterocycles. The Labute approximate surface area is 105 Å². The number of hydrogen-bond acceptors (Lipinski definition) is 2. The Morgan fingerprint density at radius 2 is 2.06 bits per heavy atom.